The van der Waals surface area contributed by atoms with Crippen molar-refractivity contribution in [1.82, 2.24) is 0 Å². The van der Waals surface area contributed by atoms with Crippen LogP contribution < -0.4 is 0 Å². The maximum Gasteiger partial charge on any atom is 0.528 e. The number of esters is 1. The first-order valence-electron chi connectivity index (χ1n) is 4.18. The van der Waals surface area contributed by atoms with Crippen molar-refractivity contribution in [2.45, 2.75) is 12.5 Å². The predicted octanol–water partition coefficient (Wildman–Crippen LogP) is 0.768. The van der Waals surface area contributed by atoms with E-state index in [4.69, 9.17) is 13.6 Å². The van der Waals surface area contributed by atoms with Crippen molar-refractivity contribution < 1.29 is 23.2 Å². The highest BCUT2D eigenvalue weighted by Gasteiger charge is 2.36. The third-order valence-corrected chi connectivity index (χ3v) is 3.87. The van der Waals surface area contributed by atoms with Gasteiger partial charge in [0.25, 0.3) is 0 Å². The van der Waals surface area contributed by atoms with Gasteiger partial charge < -0.3 is 13.6 Å². The molecule has 0 N–H and O–H groups in total. The molecular formula is C8H15O5Si. The maximum atomic E-state index is 11.5. The lowest BCUT2D eigenvalue weighted by molar-refractivity contribution is -0.137. The molecule has 5 nitrogen and oxygen atoms in total. The standard InChI is InChI=1S/C8H15O5Si/c1-4-8(9)13-6-5-7-14(10,11-2)12-3/h4H,1,5-7H2,2-3H3. The summed E-state index contributed by atoms with van der Waals surface area (Å²) < 4.78 is 14.1. The van der Waals surface area contributed by atoms with Crippen molar-refractivity contribution in [2.24, 2.45) is 0 Å². The van der Waals surface area contributed by atoms with E-state index in [0.29, 0.717) is 6.42 Å². The average molecular weight is 219 g/mol. The van der Waals surface area contributed by atoms with Gasteiger partial charge in [0.05, 0.1) is 6.61 Å². The van der Waals surface area contributed by atoms with E-state index < -0.39 is 14.8 Å². The summed E-state index contributed by atoms with van der Waals surface area (Å²) in [4.78, 5) is 22.1. The van der Waals surface area contributed by atoms with Crippen LogP contribution in [0.1, 0.15) is 6.42 Å². The van der Waals surface area contributed by atoms with Gasteiger partial charge in [0.1, 0.15) is 0 Å². The summed E-state index contributed by atoms with van der Waals surface area (Å²) >= 11 is 0. The van der Waals surface area contributed by atoms with Crippen LogP contribution in [-0.4, -0.2) is 35.6 Å². The van der Waals surface area contributed by atoms with Crippen LogP contribution in [0.3, 0.4) is 0 Å². The van der Waals surface area contributed by atoms with Gasteiger partial charge in [0, 0.05) is 26.3 Å². The Morgan fingerprint density at radius 3 is 2.43 bits per heavy atom. The van der Waals surface area contributed by atoms with Crippen LogP contribution in [0.4, 0.5) is 0 Å². The molecule has 0 aromatic heterocycles. The number of rotatable bonds is 7. The molecule has 81 valence electrons. The summed E-state index contributed by atoms with van der Waals surface area (Å²) in [5, 5.41) is 0. The molecule has 0 atom stereocenters. The van der Waals surface area contributed by atoms with Crippen LogP contribution in [-0.2, 0) is 23.2 Å². The summed E-state index contributed by atoms with van der Waals surface area (Å²) in [6.07, 6.45) is 1.52. The molecule has 0 saturated heterocycles. The van der Waals surface area contributed by atoms with Crippen LogP contribution in [0.25, 0.3) is 0 Å². The van der Waals surface area contributed by atoms with E-state index in [9.17, 15) is 9.59 Å². The van der Waals surface area contributed by atoms with Crippen molar-refractivity contribution >= 4 is 14.8 Å². The minimum absolute atomic E-state index is 0.189. The molecule has 0 aromatic rings. The van der Waals surface area contributed by atoms with E-state index in [-0.39, 0.29) is 12.7 Å². The zero-order valence-electron chi connectivity index (χ0n) is 8.45. The maximum absolute atomic E-state index is 11.5. The lowest BCUT2D eigenvalue weighted by atomic mass is 10.5. The molecule has 0 rings (SSSR count). The number of hydrogen-bond donors (Lipinski definition) is 0. The Morgan fingerprint density at radius 1 is 1.43 bits per heavy atom. The van der Waals surface area contributed by atoms with Gasteiger partial charge in [-0.15, -0.1) is 0 Å². The van der Waals surface area contributed by atoms with Gasteiger partial charge in [-0.1, -0.05) is 6.58 Å². The van der Waals surface area contributed by atoms with Gasteiger partial charge in [-0.05, 0) is 6.42 Å². The molecule has 0 heterocycles. The van der Waals surface area contributed by atoms with Gasteiger partial charge >= 0.3 is 14.8 Å². The quantitative estimate of drug-likeness (QED) is 0.274. The van der Waals surface area contributed by atoms with E-state index in [1.807, 2.05) is 0 Å². The van der Waals surface area contributed by atoms with E-state index >= 15 is 0 Å². The topological polar surface area (TPSA) is 64.7 Å². The molecule has 0 fully saturated rings. The Labute approximate surface area is 84.7 Å². The highest BCUT2D eigenvalue weighted by Crippen LogP contribution is 2.11. The minimum Gasteiger partial charge on any atom is -0.463 e. The molecule has 0 aliphatic heterocycles. The predicted molar refractivity (Wildman–Crippen MR) is 51.0 cm³/mol. The number of carbonyl (C=O) groups is 1. The molecule has 0 bridgehead atoms. The second kappa shape index (κ2) is 6.72. The number of ether oxygens (including phenoxy) is 1. The highest BCUT2D eigenvalue weighted by molar-refractivity contribution is 6.58. The molecular weight excluding hydrogens is 204 g/mol. The van der Waals surface area contributed by atoms with Crippen molar-refractivity contribution in [3.8, 4) is 0 Å². The van der Waals surface area contributed by atoms with Crippen LogP contribution in [0.15, 0.2) is 12.7 Å². The highest BCUT2D eigenvalue weighted by atomic mass is 28.4. The fourth-order valence-electron chi connectivity index (χ4n) is 0.808. The van der Waals surface area contributed by atoms with Gasteiger partial charge in [0.15, 0.2) is 0 Å². The third-order valence-electron chi connectivity index (χ3n) is 1.66. The van der Waals surface area contributed by atoms with Gasteiger partial charge in [-0.25, -0.2) is 9.59 Å². The molecule has 0 spiro atoms. The smallest absolute Gasteiger partial charge is 0.463 e. The van der Waals surface area contributed by atoms with Gasteiger partial charge in [-0.3, -0.25) is 0 Å². The van der Waals surface area contributed by atoms with Crippen LogP contribution in [0, 0.1) is 0 Å². The molecule has 0 saturated carbocycles. The summed E-state index contributed by atoms with van der Waals surface area (Å²) in [6, 6.07) is 0.254. The Morgan fingerprint density at radius 2 is 2.00 bits per heavy atom. The SMILES string of the molecule is C=CC(=O)OCCC[Si]([O])(OC)OC. The molecule has 0 amide bonds. The fraction of sp³-hybridized carbons (Fsp3) is 0.625. The van der Waals surface area contributed by atoms with Gasteiger partial charge in [0.2, 0.25) is 0 Å². The fourth-order valence-corrected chi connectivity index (χ4v) is 1.96. The first kappa shape index (κ1) is 13.3. The summed E-state index contributed by atoms with van der Waals surface area (Å²) in [5.74, 6) is -0.488. The van der Waals surface area contributed by atoms with Crippen molar-refractivity contribution in [1.29, 1.82) is 0 Å². The summed E-state index contributed by atoms with van der Waals surface area (Å²) in [7, 11) is -0.583. The summed E-state index contributed by atoms with van der Waals surface area (Å²) in [5.41, 5.74) is 0. The largest absolute Gasteiger partial charge is 0.528 e. The second-order valence-electron chi connectivity index (χ2n) is 2.57. The Kier molecular flexibility index (Phi) is 6.38. The average Bonchev–Trinajstić information content (AvgIpc) is 2.23. The molecule has 0 aliphatic carbocycles. The first-order valence-corrected chi connectivity index (χ1v) is 6.11. The molecule has 0 unspecified atom stereocenters. The van der Waals surface area contributed by atoms with E-state index in [0.717, 1.165) is 6.08 Å². The van der Waals surface area contributed by atoms with Crippen molar-refractivity contribution in [3.05, 3.63) is 12.7 Å². The second-order valence-corrected chi connectivity index (χ2v) is 5.25. The Bertz CT molecular complexity index is 190. The monoisotopic (exact) mass is 219 g/mol. The normalized spacial score (nSPS) is 11.1. The molecule has 0 aromatic carbocycles. The minimum atomic E-state index is -3.25. The van der Waals surface area contributed by atoms with E-state index in [1.54, 1.807) is 0 Å². The molecule has 14 heavy (non-hydrogen) atoms. The van der Waals surface area contributed by atoms with Crippen molar-refractivity contribution in [3.63, 3.8) is 0 Å². The molecule has 1 radical (unpaired) electrons. The number of carbonyl (C=O) groups excluding carboxylic acids is 1. The Balaban J connectivity index is 3.62. The lowest BCUT2D eigenvalue weighted by Crippen LogP contribution is -2.38. The third kappa shape index (κ3) is 5.13. The Hall–Kier alpha value is -0.693. The van der Waals surface area contributed by atoms with Crippen molar-refractivity contribution in [2.75, 3.05) is 20.8 Å². The van der Waals surface area contributed by atoms with Gasteiger partial charge in [-0.2, -0.15) is 0 Å². The zero-order chi connectivity index (χ0) is 11.0. The summed E-state index contributed by atoms with van der Waals surface area (Å²) in [6.45, 7) is 3.43. The van der Waals surface area contributed by atoms with E-state index in [2.05, 4.69) is 6.58 Å². The molecule has 0 aliphatic rings. The zero-order valence-corrected chi connectivity index (χ0v) is 9.45. The molecule has 6 heteroatoms. The number of hydrogen-bond acceptors (Lipinski definition) is 4. The van der Waals surface area contributed by atoms with E-state index in [1.165, 1.54) is 14.2 Å². The van der Waals surface area contributed by atoms with Crippen LogP contribution >= 0.6 is 0 Å². The van der Waals surface area contributed by atoms with Crippen LogP contribution in [0.5, 0.6) is 0 Å². The lowest BCUT2D eigenvalue weighted by Gasteiger charge is -2.16. The first-order chi connectivity index (χ1) is 6.58. The van der Waals surface area contributed by atoms with Crippen LogP contribution in [0.2, 0.25) is 6.04 Å².